The lowest BCUT2D eigenvalue weighted by Crippen LogP contribution is -2.31. The van der Waals surface area contributed by atoms with Crippen LogP contribution in [-0.4, -0.2) is 24.4 Å². The van der Waals surface area contributed by atoms with Crippen molar-refractivity contribution in [3.8, 4) is 0 Å². The molecule has 3 rings (SSSR count). The van der Waals surface area contributed by atoms with Crippen molar-refractivity contribution in [1.29, 1.82) is 0 Å². The largest absolute Gasteiger partial charge is 0.344 e. The normalized spacial score (nSPS) is 16.9. The van der Waals surface area contributed by atoms with Crippen LogP contribution in [0.1, 0.15) is 29.5 Å². The van der Waals surface area contributed by atoms with Gasteiger partial charge in [0, 0.05) is 41.7 Å². The van der Waals surface area contributed by atoms with Crippen LogP contribution >= 0.6 is 23.2 Å². The van der Waals surface area contributed by atoms with E-state index >= 15 is 0 Å². The molecule has 1 heterocycles. The van der Waals surface area contributed by atoms with Gasteiger partial charge in [0.25, 0.3) is 0 Å². The highest BCUT2D eigenvalue weighted by atomic mass is 35.5. The lowest BCUT2D eigenvalue weighted by molar-refractivity contribution is -0.114. The predicted octanol–water partition coefficient (Wildman–Crippen LogP) is 4.69. The van der Waals surface area contributed by atoms with Gasteiger partial charge in [-0.05, 0) is 48.0 Å². The molecule has 4 N–H and O–H groups in total. The third kappa shape index (κ3) is 3.90. The van der Waals surface area contributed by atoms with Gasteiger partial charge >= 0.3 is 0 Å². The van der Waals surface area contributed by atoms with Crippen LogP contribution in [-0.2, 0) is 11.3 Å². The SMILES string of the molecule is CC(=O)Nc1ccc(C2CN(C)Cc3c(Cl)cc(Cl)cc32)cc1.N. The van der Waals surface area contributed by atoms with Crippen molar-refractivity contribution in [2.45, 2.75) is 19.4 Å². The van der Waals surface area contributed by atoms with E-state index in [1.165, 1.54) is 18.1 Å². The molecule has 2 aromatic carbocycles. The first-order chi connectivity index (χ1) is 10.9. The quantitative estimate of drug-likeness (QED) is 0.810. The Kier molecular flexibility index (Phi) is 5.88. The van der Waals surface area contributed by atoms with Crippen LogP contribution in [0.15, 0.2) is 36.4 Å². The molecule has 0 aliphatic carbocycles. The second-order valence-corrected chi connectivity index (χ2v) is 6.85. The minimum atomic E-state index is -0.0703. The Morgan fingerprint density at radius 1 is 1.21 bits per heavy atom. The number of halogens is 2. The van der Waals surface area contributed by atoms with Crippen molar-refractivity contribution in [2.24, 2.45) is 0 Å². The Morgan fingerprint density at radius 3 is 2.50 bits per heavy atom. The Hall–Kier alpha value is -1.59. The van der Waals surface area contributed by atoms with Crippen molar-refractivity contribution in [1.82, 2.24) is 11.1 Å². The average Bonchev–Trinajstić information content (AvgIpc) is 2.48. The number of amides is 1. The third-order valence-corrected chi connectivity index (χ3v) is 4.68. The molecule has 1 unspecified atom stereocenters. The maximum Gasteiger partial charge on any atom is 0.221 e. The zero-order chi connectivity index (χ0) is 16.6. The van der Waals surface area contributed by atoms with Gasteiger partial charge < -0.3 is 16.4 Å². The molecule has 0 spiro atoms. The molecule has 4 nitrogen and oxygen atoms in total. The summed E-state index contributed by atoms with van der Waals surface area (Å²) in [6.45, 7) is 3.24. The van der Waals surface area contributed by atoms with Gasteiger partial charge in [-0.15, -0.1) is 0 Å². The maximum atomic E-state index is 11.1. The molecule has 0 bridgehead atoms. The van der Waals surface area contributed by atoms with Crippen LogP contribution < -0.4 is 11.5 Å². The van der Waals surface area contributed by atoms with E-state index in [2.05, 4.69) is 17.3 Å². The number of benzene rings is 2. The fourth-order valence-corrected chi connectivity index (χ4v) is 3.70. The first kappa shape index (κ1) is 18.7. The molecule has 0 aromatic heterocycles. The molecule has 6 heteroatoms. The van der Waals surface area contributed by atoms with E-state index in [-0.39, 0.29) is 18.0 Å². The second kappa shape index (κ2) is 7.53. The van der Waals surface area contributed by atoms with Crippen LogP contribution in [0.2, 0.25) is 10.0 Å². The van der Waals surface area contributed by atoms with E-state index in [9.17, 15) is 4.79 Å². The molecule has 0 radical (unpaired) electrons. The van der Waals surface area contributed by atoms with Gasteiger partial charge in [0.1, 0.15) is 0 Å². The maximum absolute atomic E-state index is 11.1. The van der Waals surface area contributed by atoms with Crippen LogP contribution in [0, 0.1) is 0 Å². The number of rotatable bonds is 2. The molecule has 0 fully saturated rings. The number of carbonyl (C=O) groups excluding carboxylic acids is 1. The summed E-state index contributed by atoms with van der Waals surface area (Å²) in [5.74, 6) is 0.144. The zero-order valence-electron chi connectivity index (χ0n) is 13.8. The van der Waals surface area contributed by atoms with Crippen LogP contribution in [0.4, 0.5) is 5.69 Å². The molecule has 24 heavy (non-hydrogen) atoms. The number of hydrogen-bond acceptors (Lipinski definition) is 3. The highest BCUT2D eigenvalue weighted by molar-refractivity contribution is 6.35. The first-order valence-electron chi connectivity index (χ1n) is 7.48. The predicted molar refractivity (Wildman–Crippen MR) is 100 cm³/mol. The fraction of sp³-hybridized carbons (Fsp3) is 0.278. The summed E-state index contributed by atoms with van der Waals surface area (Å²) in [5.41, 5.74) is 4.31. The van der Waals surface area contributed by atoms with Gasteiger partial charge in [-0.2, -0.15) is 0 Å². The second-order valence-electron chi connectivity index (χ2n) is 6.01. The zero-order valence-corrected chi connectivity index (χ0v) is 15.3. The molecule has 2 aromatic rings. The van der Waals surface area contributed by atoms with Gasteiger partial charge in [0.2, 0.25) is 5.91 Å². The van der Waals surface area contributed by atoms with Crippen molar-refractivity contribution in [3.05, 3.63) is 63.1 Å². The van der Waals surface area contributed by atoms with E-state index in [0.717, 1.165) is 29.4 Å². The van der Waals surface area contributed by atoms with E-state index in [1.54, 1.807) is 6.07 Å². The smallest absolute Gasteiger partial charge is 0.221 e. The summed E-state index contributed by atoms with van der Waals surface area (Å²) in [7, 11) is 2.09. The van der Waals surface area contributed by atoms with Crippen LogP contribution in [0.5, 0.6) is 0 Å². The molecular formula is C18H21Cl2N3O. The third-order valence-electron chi connectivity index (χ3n) is 4.13. The number of carbonyl (C=O) groups is 1. The summed E-state index contributed by atoms with van der Waals surface area (Å²) in [4.78, 5) is 13.4. The van der Waals surface area contributed by atoms with Crippen molar-refractivity contribution in [2.75, 3.05) is 18.9 Å². The minimum Gasteiger partial charge on any atom is -0.344 e. The average molecular weight is 366 g/mol. The lowest BCUT2D eigenvalue weighted by Gasteiger charge is -2.33. The Balaban J connectivity index is 0.00000208. The summed E-state index contributed by atoms with van der Waals surface area (Å²) in [6, 6.07) is 11.8. The highest BCUT2D eigenvalue weighted by Crippen LogP contribution is 2.38. The molecule has 1 amide bonds. The van der Waals surface area contributed by atoms with Gasteiger partial charge in [-0.1, -0.05) is 35.3 Å². The standard InChI is InChI=1S/C18H18Cl2N2O.H3N/c1-11(23)21-14-5-3-12(4-6-14)16-9-22(2)10-17-15(16)7-13(19)8-18(17)20;/h3-8,16H,9-10H2,1-2H3,(H,21,23);1H3. The summed E-state index contributed by atoms with van der Waals surface area (Å²) >= 11 is 12.6. The minimum absolute atomic E-state index is 0. The molecule has 0 saturated carbocycles. The van der Waals surface area contributed by atoms with Gasteiger partial charge in [0.05, 0.1) is 0 Å². The summed E-state index contributed by atoms with van der Waals surface area (Å²) < 4.78 is 0. The Bertz CT molecular complexity index is 747. The molecule has 0 saturated heterocycles. The summed E-state index contributed by atoms with van der Waals surface area (Å²) in [6.07, 6.45) is 0. The number of nitrogens with zero attached hydrogens (tertiary/aromatic N) is 1. The van der Waals surface area contributed by atoms with Crippen LogP contribution in [0.3, 0.4) is 0 Å². The van der Waals surface area contributed by atoms with Crippen LogP contribution in [0.25, 0.3) is 0 Å². The monoisotopic (exact) mass is 365 g/mol. The molecule has 1 aliphatic heterocycles. The number of likely N-dealkylation sites (N-methyl/N-ethyl adjacent to an activating group) is 1. The van der Waals surface area contributed by atoms with Crippen molar-refractivity contribution < 1.29 is 4.79 Å². The number of hydrogen-bond donors (Lipinski definition) is 2. The molecule has 1 atom stereocenters. The Labute approximate surface area is 152 Å². The van der Waals surface area contributed by atoms with Gasteiger partial charge in [-0.3, -0.25) is 4.79 Å². The molecule has 1 aliphatic rings. The lowest BCUT2D eigenvalue weighted by atomic mass is 9.84. The Morgan fingerprint density at radius 2 is 1.88 bits per heavy atom. The number of fused-ring (bicyclic) bond motifs is 1. The number of nitrogens with one attached hydrogen (secondary N) is 1. The van der Waals surface area contributed by atoms with E-state index < -0.39 is 0 Å². The van der Waals surface area contributed by atoms with E-state index in [4.69, 9.17) is 23.2 Å². The topological polar surface area (TPSA) is 67.3 Å². The van der Waals surface area contributed by atoms with Gasteiger partial charge in [0.15, 0.2) is 0 Å². The summed E-state index contributed by atoms with van der Waals surface area (Å²) in [5, 5.41) is 4.18. The van der Waals surface area contributed by atoms with Gasteiger partial charge in [-0.25, -0.2) is 0 Å². The number of anilines is 1. The van der Waals surface area contributed by atoms with E-state index in [1.807, 2.05) is 30.3 Å². The highest BCUT2D eigenvalue weighted by Gasteiger charge is 2.26. The molecule has 128 valence electrons. The van der Waals surface area contributed by atoms with Crippen molar-refractivity contribution in [3.63, 3.8) is 0 Å². The van der Waals surface area contributed by atoms with Crippen molar-refractivity contribution >= 4 is 34.8 Å². The first-order valence-corrected chi connectivity index (χ1v) is 8.23. The molecular weight excluding hydrogens is 345 g/mol. The van der Waals surface area contributed by atoms with E-state index in [0.29, 0.717) is 5.02 Å². The fourth-order valence-electron chi connectivity index (χ4n) is 3.13.